The number of H-pyrrole nitrogens is 1. The fraction of sp³-hybridized carbons (Fsp3) is 0.375. The molecule has 3 aromatic rings. The molecule has 1 aliphatic heterocycles. The molecule has 4 rings (SSSR count). The minimum atomic E-state index is -4.72. The van der Waals surface area contributed by atoms with Gasteiger partial charge in [0.15, 0.2) is 0 Å². The normalized spacial score (nSPS) is 16.4. The van der Waals surface area contributed by atoms with Crippen LogP contribution in [0.15, 0.2) is 36.5 Å². The zero-order valence-corrected chi connectivity index (χ0v) is 20.8. The number of nitrogens with zero attached hydrogens (tertiary/aromatic N) is 5. The first kappa shape index (κ1) is 25.9. The fourth-order valence-corrected chi connectivity index (χ4v) is 3.89. The molecule has 1 aliphatic rings. The quantitative estimate of drug-likeness (QED) is 0.547. The van der Waals surface area contributed by atoms with Crippen LogP contribution in [0.25, 0.3) is 11.0 Å². The van der Waals surface area contributed by atoms with Crippen molar-refractivity contribution in [3.8, 4) is 0 Å². The zero-order chi connectivity index (χ0) is 27.3. The van der Waals surface area contributed by atoms with Crippen molar-refractivity contribution in [1.82, 2.24) is 19.9 Å². The Bertz CT molecular complexity index is 1380. The number of likely N-dealkylation sites (N-methyl/N-ethyl adjacent to an activating group) is 1. The first-order valence-electron chi connectivity index (χ1n) is 11.3. The number of carbonyl (C=O) groups excluding carboxylic acids is 3. The highest BCUT2D eigenvalue weighted by atomic mass is 19.4. The number of hydrogen-bond donors (Lipinski definition) is 1. The Balaban J connectivity index is 1.75. The average Bonchev–Trinajstić information content (AvgIpc) is 3.39. The van der Waals surface area contributed by atoms with E-state index in [0.717, 1.165) is 16.4 Å². The monoisotopic (exact) mass is 518 g/mol. The Morgan fingerprint density at radius 2 is 1.84 bits per heavy atom. The van der Waals surface area contributed by atoms with Crippen LogP contribution in [0, 0.1) is 6.92 Å². The van der Waals surface area contributed by atoms with Gasteiger partial charge in [-0.3, -0.25) is 14.6 Å². The van der Waals surface area contributed by atoms with E-state index in [0.29, 0.717) is 16.6 Å². The second-order valence-electron chi connectivity index (χ2n) is 9.59. The lowest BCUT2D eigenvalue weighted by Gasteiger charge is -2.26. The van der Waals surface area contributed by atoms with Gasteiger partial charge in [-0.05, 0) is 58.0 Å². The largest absolute Gasteiger partial charge is 0.443 e. The molecule has 1 saturated heterocycles. The van der Waals surface area contributed by atoms with Crippen LogP contribution in [0.1, 0.15) is 32.0 Å². The molecule has 13 heteroatoms. The van der Waals surface area contributed by atoms with Crippen LogP contribution < -0.4 is 9.80 Å². The maximum atomic E-state index is 13.6. The Morgan fingerprint density at radius 1 is 1.14 bits per heavy atom. The van der Waals surface area contributed by atoms with Gasteiger partial charge in [-0.15, -0.1) is 0 Å². The summed E-state index contributed by atoms with van der Waals surface area (Å²) in [4.78, 5) is 53.8. The second kappa shape index (κ2) is 9.05. The van der Waals surface area contributed by atoms with Gasteiger partial charge in [-0.2, -0.15) is 13.2 Å². The van der Waals surface area contributed by atoms with E-state index in [4.69, 9.17) is 4.74 Å². The number of urea groups is 1. The van der Waals surface area contributed by atoms with Gasteiger partial charge >= 0.3 is 18.3 Å². The smallest absolute Gasteiger partial charge is 0.418 e. The third kappa shape index (κ3) is 5.20. The summed E-state index contributed by atoms with van der Waals surface area (Å²) >= 11 is 0. The standard InChI is InChI=1S/C24H25F3N6O4/c1-13-10-15(24(25,26)27)11-18(29-13)33-16(12-32(21(33)35)22(36)37-23(2,3)4)20(34)31(5)17-7-6-14-8-9-28-19(14)30-17/h6-11,16H,12H2,1-5H3,(H,28,30)/t16-/m0/s1. The molecule has 0 saturated carbocycles. The third-order valence-corrected chi connectivity index (χ3v) is 5.59. The number of aromatic amines is 1. The van der Waals surface area contributed by atoms with Crippen LogP contribution in [0.3, 0.4) is 0 Å². The van der Waals surface area contributed by atoms with Gasteiger partial charge in [0.25, 0.3) is 5.91 Å². The molecule has 0 radical (unpaired) electrons. The second-order valence-corrected chi connectivity index (χ2v) is 9.59. The summed E-state index contributed by atoms with van der Waals surface area (Å²) in [5.41, 5.74) is -1.51. The Kier molecular flexibility index (Phi) is 6.34. The Labute approximate surface area is 210 Å². The van der Waals surface area contributed by atoms with Crippen LogP contribution in [-0.2, 0) is 15.7 Å². The third-order valence-electron chi connectivity index (χ3n) is 5.59. The summed E-state index contributed by atoms with van der Waals surface area (Å²) in [6.45, 7) is 5.67. The van der Waals surface area contributed by atoms with E-state index in [-0.39, 0.29) is 11.5 Å². The van der Waals surface area contributed by atoms with Crippen LogP contribution in [0.4, 0.5) is 34.4 Å². The number of ether oxygens (including phenoxy) is 1. The van der Waals surface area contributed by atoms with Gasteiger partial charge in [0.05, 0.1) is 12.1 Å². The van der Waals surface area contributed by atoms with Gasteiger partial charge in [-0.1, -0.05) is 0 Å². The van der Waals surface area contributed by atoms with E-state index < -0.39 is 53.8 Å². The highest BCUT2D eigenvalue weighted by molar-refractivity contribution is 6.11. The minimum Gasteiger partial charge on any atom is -0.443 e. The number of rotatable bonds is 3. The lowest BCUT2D eigenvalue weighted by molar-refractivity contribution is -0.137. The first-order chi connectivity index (χ1) is 17.2. The molecule has 1 fully saturated rings. The topological polar surface area (TPSA) is 112 Å². The van der Waals surface area contributed by atoms with Crippen LogP contribution >= 0.6 is 0 Å². The molecule has 1 atom stereocenters. The number of carbonyl (C=O) groups is 3. The van der Waals surface area contributed by atoms with Gasteiger partial charge in [0, 0.05) is 24.3 Å². The summed E-state index contributed by atoms with van der Waals surface area (Å²) in [6.07, 6.45) is -4.07. The molecule has 0 bridgehead atoms. The van der Waals surface area contributed by atoms with Gasteiger partial charge in [0.1, 0.15) is 28.9 Å². The Morgan fingerprint density at radius 3 is 2.49 bits per heavy atom. The van der Waals surface area contributed by atoms with Crippen molar-refractivity contribution in [3.63, 3.8) is 0 Å². The zero-order valence-electron chi connectivity index (χ0n) is 20.8. The molecular formula is C24H25F3N6O4. The molecule has 0 unspecified atom stereocenters. The highest BCUT2D eigenvalue weighted by Gasteiger charge is 2.48. The number of hydrogen-bond acceptors (Lipinski definition) is 6. The number of amides is 4. The lowest BCUT2D eigenvalue weighted by Crippen LogP contribution is -2.47. The van der Waals surface area contributed by atoms with E-state index in [1.54, 1.807) is 45.2 Å². The summed E-state index contributed by atoms with van der Waals surface area (Å²) in [6, 6.07) is 4.21. The van der Waals surface area contributed by atoms with Crippen LogP contribution in [0.5, 0.6) is 0 Å². The molecule has 0 spiro atoms. The number of pyridine rings is 2. The maximum Gasteiger partial charge on any atom is 0.418 e. The molecule has 37 heavy (non-hydrogen) atoms. The molecule has 4 heterocycles. The van der Waals surface area contributed by atoms with Crippen molar-refractivity contribution in [2.75, 3.05) is 23.4 Å². The number of imide groups is 1. The summed E-state index contributed by atoms with van der Waals surface area (Å²) < 4.78 is 45.9. The van der Waals surface area contributed by atoms with Crippen molar-refractivity contribution in [3.05, 3.63) is 47.8 Å². The van der Waals surface area contributed by atoms with E-state index in [1.807, 2.05) is 0 Å². The van der Waals surface area contributed by atoms with E-state index in [1.165, 1.54) is 18.9 Å². The molecule has 0 aromatic carbocycles. The molecule has 0 aliphatic carbocycles. The predicted octanol–water partition coefficient (Wildman–Crippen LogP) is 4.49. The van der Waals surface area contributed by atoms with E-state index in [2.05, 4.69) is 15.0 Å². The average molecular weight is 518 g/mol. The number of alkyl halides is 3. The predicted molar refractivity (Wildman–Crippen MR) is 128 cm³/mol. The summed E-state index contributed by atoms with van der Waals surface area (Å²) in [7, 11) is 1.42. The summed E-state index contributed by atoms with van der Waals surface area (Å²) in [5, 5.41) is 0.807. The molecule has 3 aromatic heterocycles. The van der Waals surface area contributed by atoms with Crippen LogP contribution in [-0.4, -0.2) is 63.1 Å². The molecule has 4 amide bonds. The number of aryl methyl sites for hydroxylation is 1. The molecule has 1 N–H and O–H groups in total. The molecule has 10 nitrogen and oxygen atoms in total. The van der Waals surface area contributed by atoms with Crippen LogP contribution in [0.2, 0.25) is 0 Å². The minimum absolute atomic E-state index is 0.0215. The van der Waals surface area contributed by atoms with Crippen molar-refractivity contribution in [2.45, 2.75) is 45.5 Å². The fourth-order valence-electron chi connectivity index (χ4n) is 3.89. The Hall–Kier alpha value is -4.16. The molecule has 196 valence electrons. The number of fused-ring (bicyclic) bond motifs is 1. The first-order valence-corrected chi connectivity index (χ1v) is 11.3. The van der Waals surface area contributed by atoms with Crippen molar-refractivity contribution < 1.29 is 32.3 Å². The lowest BCUT2D eigenvalue weighted by atomic mass is 10.2. The number of aromatic nitrogens is 3. The van der Waals surface area contributed by atoms with Gasteiger partial charge < -0.3 is 9.72 Å². The summed E-state index contributed by atoms with van der Waals surface area (Å²) in [5.74, 6) is -0.867. The number of anilines is 2. The molecular weight excluding hydrogens is 493 g/mol. The van der Waals surface area contributed by atoms with E-state index >= 15 is 0 Å². The van der Waals surface area contributed by atoms with E-state index in [9.17, 15) is 27.6 Å². The van der Waals surface area contributed by atoms with Gasteiger partial charge in [0.2, 0.25) is 0 Å². The van der Waals surface area contributed by atoms with Gasteiger partial charge in [-0.25, -0.2) is 24.5 Å². The number of nitrogens with one attached hydrogen (secondary N) is 1. The highest BCUT2D eigenvalue weighted by Crippen LogP contribution is 2.34. The SMILES string of the molecule is Cc1cc(C(F)(F)F)cc(N2C(=O)N(C(=O)OC(C)(C)C)C[C@H]2C(=O)N(C)c2ccc3cc[nH]c3n2)n1. The number of halogens is 3. The van der Waals surface area contributed by atoms with Crippen molar-refractivity contribution in [1.29, 1.82) is 0 Å². The maximum absolute atomic E-state index is 13.6. The van der Waals surface area contributed by atoms with Crippen molar-refractivity contribution >= 4 is 40.7 Å². The van der Waals surface area contributed by atoms with Crippen molar-refractivity contribution in [2.24, 2.45) is 0 Å².